The first-order valence-corrected chi connectivity index (χ1v) is 15.8. The van der Waals surface area contributed by atoms with Gasteiger partial charge in [-0.25, -0.2) is 13.1 Å². The highest BCUT2D eigenvalue weighted by atomic mass is 127. The Morgan fingerprint density at radius 2 is 1.64 bits per heavy atom. The van der Waals surface area contributed by atoms with Gasteiger partial charge in [0.2, 0.25) is 15.9 Å². The van der Waals surface area contributed by atoms with Crippen LogP contribution in [0.25, 0.3) is 5.69 Å². The Morgan fingerprint density at radius 1 is 0.974 bits per heavy atom. The molecule has 204 valence electrons. The Bertz CT molecular complexity index is 1500. The van der Waals surface area contributed by atoms with Crippen molar-refractivity contribution in [1.82, 2.24) is 19.5 Å². The Kier molecular flexibility index (Phi) is 9.99. The van der Waals surface area contributed by atoms with E-state index in [9.17, 15) is 13.2 Å². The van der Waals surface area contributed by atoms with E-state index < -0.39 is 10.0 Å². The van der Waals surface area contributed by atoms with Crippen molar-refractivity contribution in [2.75, 3.05) is 16.4 Å². The number of amides is 1. The largest absolute Gasteiger partial charge is 0.378 e. The third-order valence-electron chi connectivity index (χ3n) is 5.76. The molecule has 3 aromatic carbocycles. The predicted octanol–water partition coefficient (Wildman–Crippen LogP) is 5.29. The summed E-state index contributed by atoms with van der Waals surface area (Å²) in [7, 11) is -3.61. The van der Waals surface area contributed by atoms with Crippen molar-refractivity contribution in [3.8, 4) is 5.69 Å². The quantitative estimate of drug-likeness (QED) is 0.138. The van der Waals surface area contributed by atoms with E-state index in [-0.39, 0.29) is 22.6 Å². The lowest BCUT2D eigenvalue weighted by atomic mass is 10.3. The Hall–Kier alpha value is -2.94. The molecule has 1 atom stereocenters. The second kappa shape index (κ2) is 13.4. The molecule has 4 rings (SSSR count). The van der Waals surface area contributed by atoms with Crippen molar-refractivity contribution >= 4 is 61.7 Å². The van der Waals surface area contributed by atoms with Crippen LogP contribution in [0.3, 0.4) is 0 Å². The van der Waals surface area contributed by atoms with Crippen LogP contribution >= 0.6 is 34.4 Å². The number of rotatable bonds is 12. The highest BCUT2D eigenvalue weighted by molar-refractivity contribution is 14.1. The highest BCUT2D eigenvalue weighted by Crippen LogP contribution is 2.23. The fourth-order valence-corrected chi connectivity index (χ4v) is 6.01. The van der Waals surface area contributed by atoms with Crippen LogP contribution in [-0.4, -0.2) is 40.9 Å². The van der Waals surface area contributed by atoms with Crippen molar-refractivity contribution in [1.29, 1.82) is 0 Å². The number of nitrogens with zero attached hydrogens (tertiary/aromatic N) is 3. The van der Waals surface area contributed by atoms with Crippen LogP contribution in [0.4, 0.5) is 11.4 Å². The van der Waals surface area contributed by atoms with Gasteiger partial charge < -0.3 is 10.6 Å². The normalized spacial score (nSPS) is 12.2. The maximum absolute atomic E-state index is 12.7. The number of thioether (sulfide) groups is 1. The minimum atomic E-state index is -3.61. The zero-order valence-corrected chi connectivity index (χ0v) is 25.3. The number of para-hydroxylation sites is 1. The van der Waals surface area contributed by atoms with Gasteiger partial charge in [0.15, 0.2) is 11.0 Å². The third-order valence-corrected chi connectivity index (χ3v) is 9.01. The van der Waals surface area contributed by atoms with Gasteiger partial charge in [-0.15, -0.1) is 10.2 Å². The fraction of sp³-hybridized carbons (Fsp3) is 0.222. The van der Waals surface area contributed by atoms with Crippen LogP contribution in [0.5, 0.6) is 0 Å². The van der Waals surface area contributed by atoms with E-state index in [1.54, 1.807) is 12.1 Å². The molecular formula is C27H29IN6O3S2. The third kappa shape index (κ3) is 8.03. The molecule has 12 heteroatoms. The topological polar surface area (TPSA) is 118 Å². The lowest BCUT2D eigenvalue weighted by Gasteiger charge is -2.13. The number of carbonyl (C=O) groups is 1. The number of aromatic nitrogens is 3. The molecule has 4 aromatic rings. The number of halogens is 1. The van der Waals surface area contributed by atoms with E-state index in [1.165, 1.54) is 23.9 Å². The number of hydrogen-bond donors (Lipinski definition) is 3. The first kappa shape index (κ1) is 29.1. The van der Waals surface area contributed by atoms with Crippen molar-refractivity contribution in [2.24, 2.45) is 0 Å². The molecule has 0 spiro atoms. The Morgan fingerprint density at radius 3 is 2.31 bits per heavy atom. The zero-order chi connectivity index (χ0) is 27.8. The fourth-order valence-electron chi connectivity index (χ4n) is 3.55. The summed E-state index contributed by atoms with van der Waals surface area (Å²) in [4.78, 5) is 12.9. The summed E-state index contributed by atoms with van der Waals surface area (Å²) >= 11 is 3.54. The first-order chi connectivity index (χ1) is 18.7. The number of benzene rings is 3. The average molecular weight is 677 g/mol. The molecule has 0 fully saturated rings. The Balaban J connectivity index is 1.41. The van der Waals surface area contributed by atoms with Crippen LogP contribution < -0.4 is 15.4 Å². The predicted molar refractivity (Wildman–Crippen MR) is 164 cm³/mol. The minimum Gasteiger partial charge on any atom is -0.378 e. The number of anilines is 2. The van der Waals surface area contributed by atoms with Crippen LogP contribution in [0, 0.1) is 3.57 Å². The summed E-state index contributed by atoms with van der Waals surface area (Å²) in [6.07, 6.45) is 0.688. The summed E-state index contributed by atoms with van der Waals surface area (Å²) in [5.74, 6) is 0.575. The standard InChI is InChI=1S/C27H29IN6O3S2/c1-3-19(2)33-39(36,37)24-15-13-22(14-16-24)30-26(35)18-38-27-32-31-25(34(27)23-7-5-4-6-8-23)17-29-21-11-9-20(28)10-12-21/h4-16,19,29,33H,3,17-18H2,1-2H3,(H,30,35). The summed E-state index contributed by atoms with van der Waals surface area (Å²) in [5.41, 5.74) is 2.38. The molecule has 0 bridgehead atoms. The van der Waals surface area contributed by atoms with Crippen LogP contribution in [0.2, 0.25) is 0 Å². The SMILES string of the molecule is CCC(C)NS(=O)(=O)c1ccc(NC(=O)CSc2nnc(CNc3ccc(I)cc3)n2-c2ccccc2)cc1. The van der Waals surface area contributed by atoms with E-state index in [4.69, 9.17) is 0 Å². The van der Waals surface area contributed by atoms with Gasteiger partial charge in [-0.2, -0.15) is 0 Å². The van der Waals surface area contributed by atoms with Gasteiger partial charge in [-0.3, -0.25) is 9.36 Å². The van der Waals surface area contributed by atoms with Crippen molar-refractivity contribution in [3.05, 3.63) is 88.3 Å². The molecule has 3 N–H and O–H groups in total. The van der Waals surface area contributed by atoms with Gasteiger partial charge in [0.25, 0.3) is 0 Å². The van der Waals surface area contributed by atoms with Gasteiger partial charge in [0, 0.05) is 26.7 Å². The number of nitrogens with one attached hydrogen (secondary N) is 3. The molecule has 9 nitrogen and oxygen atoms in total. The molecule has 0 aliphatic rings. The maximum atomic E-state index is 12.7. The number of sulfonamides is 1. The molecule has 39 heavy (non-hydrogen) atoms. The van der Waals surface area contributed by atoms with Gasteiger partial charge in [-0.1, -0.05) is 36.9 Å². The average Bonchev–Trinajstić information content (AvgIpc) is 3.35. The number of hydrogen-bond acceptors (Lipinski definition) is 7. The summed E-state index contributed by atoms with van der Waals surface area (Å²) in [5, 5.41) is 15.5. The van der Waals surface area contributed by atoms with Gasteiger partial charge in [0.05, 0.1) is 17.2 Å². The first-order valence-electron chi connectivity index (χ1n) is 12.3. The van der Waals surface area contributed by atoms with E-state index >= 15 is 0 Å². The van der Waals surface area contributed by atoms with E-state index in [2.05, 4.69) is 48.1 Å². The van der Waals surface area contributed by atoms with Crippen molar-refractivity contribution in [3.63, 3.8) is 0 Å². The smallest absolute Gasteiger partial charge is 0.240 e. The van der Waals surface area contributed by atoms with Gasteiger partial charge in [0.1, 0.15) is 0 Å². The molecule has 1 heterocycles. The summed E-state index contributed by atoms with van der Waals surface area (Å²) in [6.45, 7) is 4.18. The van der Waals surface area contributed by atoms with Crippen LogP contribution in [0.15, 0.2) is 88.9 Å². The number of carbonyl (C=O) groups excluding carboxylic acids is 1. The molecule has 1 aromatic heterocycles. The Labute approximate surface area is 246 Å². The zero-order valence-electron chi connectivity index (χ0n) is 21.5. The summed E-state index contributed by atoms with van der Waals surface area (Å²) in [6, 6.07) is 23.8. The molecule has 0 saturated carbocycles. The molecule has 0 radical (unpaired) electrons. The van der Waals surface area contributed by atoms with E-state index in [0.717, 1.165) is 14.9 Å². The minimum absolute atomic E-state index is 0.102. The molecule has 0 saturated heterocycles. The molecular weight excluding hydrogens is 647 g/mol. The molecule has 0 aliphatic carbocycles. The molecule has 0 aliphatic heterocycles. The second-order valence-corrected chi connectivity index (χ2v) is 12.6. The maximum Gasteiger partial charge on any atom is 0.240 e. The molecule has 1 unspecified atom stereocenters. The lowest BCUT2D eigenvalue weighted by molar-refractivity contribution is -0.113. The lowest BCUT2D eigenvalue weighted by Crippen LogP contribution is -2.31. The van der Waals surface area contributed by atoms with Gasteiger partial charge >= 0.3 is 0 Å². The molecule has 1 amide bonds. The van der Waals surface area contributed by atoms with Crippen molar-refractivity contribution in [2.45, 2.75) is 42.9 Å². The highest BCUT2D eigenvalue weighted by Gasteiger charge is 2.18. The van der Waals surface area contributed by atoms with Crippen LogP contribution in [-0.2, 0) is 21.4 Å². The monoisotopic (exact) mass is 676 g/mol. The van der Waals surface area contributed by atoms with E-state index in [1.807, 2.05) is 73.0 Å². The van der Waals surface area contributed by atoms with E-state index in [0.29, 0.717) is 29.6 Å². The summed E-state index contributed by atoms with van der Waals surface area (Å²) < 4.78 is 30.6. The second-order valence-electron chi connectivity index (χ2n) is 8.72. The van der Waals surface area contributed by atoms with Crippen LogP contribution in [0.1, 0.15) is 26.1 Å². The van der Waals surface area contributed by atoms with Gasteiger partial charge in [-0.05, 0) is 96.6 Å². The van der Waals surface area contributed by atoms with Crippen molar-refractivity contribution < 1.29 is 13.2 Å².